The molecular weight excluding hydrogens is 322 g/mol. The number of hydrogen-bond donors (Lipinski definition) is 0. The number of rotatable bonds is 0. The summed E-state index contributed by atoms with van der Waals surface area (Å²) in [5.41, 5.74) is 0.0155. The maximum atomic E-state index is 13.1. The Bertz CT molecular complexity index is 1160. The average molecular weight is 335 g/mol. The Morgan fingerprint density at radius 1 is 1.12 bits per heavy atom. The van der Waals surface area contributed by atoms with Gasteiger partial charge in [0.15, 0.2) is 5.52 Å². The Kier molecular flexibility index (Phi) is 2.77. The third kappa shape index (κ3) is 1.80. The Morgan fingerprint density at radius 3 is 2.84 bits per heavy atom. The van der Waals surface area contributed by atoms with Crippen LogP contribution in [0.1, 0.15) is 35.1 Å². The molecule has 2 aliphatic heterocycles. The predicted octanol–water partition coefficient (Wildman–Crippen LogP) is 1.63. The van der Waals surface area contributed by atoms with Crippen molar-refractivity contribution in [3.63, 3.8) is 0 Å². The van der Waals surface area contributed by atoms with Crippen LogP contribution in [0.4, 0.5) is 0 Å². The number of nitrogens with zero attached hydrogens (tertiary/aromatic N) is 3. The van der Waals surface area contributed by atoms with Crippen molar-refractivity contribution in [3.05, 3.63) is 68.6 Å². The van der Waals surface area contributed by atoms with Crippen LogP contribution in [0.15, 0.2) is 50.6 Å². The first kappa shape index (κ1) is 14.2. The zero-order chi connectivity index (χ0) is 17.1. The molecule has 1 fully saturated rings. The Hall–Kier alpha value is -3.22. The van der Waals surface area contributed by atoms with Gasteiger partial charge in [0.25, 0.3) is 5.91 Å². The molecule has 0 aliphatic carbocycles. The molecule has 4 heterocycles. The van der Waals surface area contributed by atoms with Gasteiger partial charge in [0.05, 0.1) is 23.6 Å². The second-order valence-electron chi connectivity index (χ2n) is 6.25. The molecule has 7 heteroatoms. The number of aromatic nitrogens is 2. The fourth-order valence-corrected chi connectivity index (χ4v) is 3.78. The van der Waals surface area contributed by atoms with E-state index in [4.69, 9.17) is 4.42 Å². The molecule has 7 nitrogen and oxygen atoms in total. The summed E-state index contributed by atoms with van der Waals surface area (Å²) in [7, 11) is 0. The second-order valence-corrected chi connectivity index (χ2v) is 6.25. The molecule has 25 heavy (non-hydrogen) atoms. The third-order valence-corrected chi connectivity index (χ3v) is 4.89. The number of para-hydroxylation sites is 1. The van der Waals surface area contributed by atoms with Gasteiger partial charge in [-0.05, 0) is 25.0 Å². The molecule has 0 unspecified atom stereocenters. The molecule has 2 aliphatic rings. The minimum atomic E-state index is -0.466. The van der Waals surface area contributed by atoms with Crippen LogP contribution >= 0.6 is 0 Å². The predicted molar refractivity (Wildman–Crippen MR) is 88.9 cm³/mol. The van der Waals surface area contributed by atoms with E-state index in [0.717, 1.165) is 6.42 Å². The van der Waals surface area contributed by atoms with Crippen molar-refractivity contribution in [3.8, 4) is 5.69 Å². The molecule has 0 radical (unpaired) electrons. The van der Waals surface area contributed by atoms with Crippen molar-refractivity contribution in [1.82, 2.24) is 14.5 Å². The molecule has 1 aromatic carbocycles. The lowest BCUT2D eigenvalue weighted by atomic mass is 10.1. The Morgan fingerprint density at radius 2 is 1.96 bits per heavy atom. The molecule has 0 saturated carbocycles. The highest BCUT2D eigenvalue weighted by Crippen LogP contribution is 2.36. The molecule has 1 atom stereocenters. The van der Waals surface area contributed by atoms with E-state index in [1.54, 1.807) is 29.2 Å². The lowest BCUT2D eigenvalue weighted by molar-refractivity contribution is 0.0736. The first-order valence-corrected chi connectivity index (χ1v) is 8.11. The summed E-state index contributed by atoms with van der Waals surface area (Å²) in [4.78, 5) is 44.4. The maximum absolute atomic E-state index is 13.1. The van der Waals surface area contributed by atoms with Gasteiger partial charge in [-0.25, -0.2) is 4.98 Å². The van der Waals surface area contributed by atoms with Gasteiger partial charge in [-0.15, -0.1) is 0 Å². The van der Waals surface area contributed by atoms with Crippen LogP contribution in [0, 0.1) is 0 Å². The van der Waals surface area contributed by atoms with E-state index in [0.29, 0.717) is 30.0 Å². The highest BCUT2D eigenvalue weighted by Gasteiger charge is 2.38. The summed E-state index contributed by atoms with van der Waals surface area (Å²) in [5.74, 6) is 0.304. The van der Waals surface area contributed by atoms with Gasteiger partial charge in [0.1, 0.15) is 5.82 Å². The van der Waals surface area contributed by atoms with Crippen LogP contribution < -0.4 is 11.0 Å². The summed E-state index contributed by atoms with van der Waals surface area (Å²) in [6.45, 7) is 0.606. The van der Waals surface area contributed by atoms with E-state index < -0.39 is 5.56 Å². The van der Waals surface area contributed by atoms with Crippen molar-refractivity contribution < 1.29 is 9.21 Å². The van der Waals surface area contributed by atoms with Crippen molar-refractivity contribution in [2.24, 2.45) is 0 Å². The minimum Gasteiger partial charge on any atom is -0.457 e. The first-order chi connectivity index (χ1) is 12.2. The average Bonchev–Trinajstić information content (AvgIpc) is 3.08. The summed E-state index contributed by atoms with van der Waals surface area (Å²) in [5, 5.41) is 0. The van der Waals surface area contributed by atoms with Crippen LogP contribution in [0.2, 0.25) is 0 Å². The Balaban J connectivity index is 1.99. The van der Waals surface area contributed by atoms with E-state index in [9.17, 15) is 14.4 Å². The van der Waals surface area contributed by atoms with E-state index in [1.807, 2.05) is 0 Å². The summed E-state index contributed by atoms with van der Waals surface area (Å²) in [6, 6.07) is 7.89. The smallest absolute Gasteiger partial charge is 0.301 e. The van der Waals surface area contributed by atoms with Crippen molar-refractivity contribution in [1.29, 1.82) is 0 Å². The fourth-order valence-electron chi connectivity index (χ4n) is 3.78. The maximum Gasteiger partial charge on any atom is 0.301 e. The zero-order valence-electron chi connectivity index (χ0n) is 13.1. The number of amides is 1. The number of benzene rings is 1. The SMILES string of the molecule is O=C1c2ccccc2-n2c(nc3c(=O)ccoc3c2=O)[C@H]2CCCN12. The first-order valence-electron chi connectivity index (χ1n) is 8.11. The quantitative estimate of drug-likeness (QED) is 0.623. The largest absolute Gasteiger partial charge is 0.457 e. The highest BCUT2D eigenvalue weighted by molar-refractivity contribution is 5.99. The molecule has 0 N–H and O–H groups in total. The van der Waals surface area contributed by atoms with Crippen LogP contribution in [0.3, 0.4) is 0 Å². The van der Waals surface area contributed by atoms with Crippen molar-refractivity contribution >= 4 is 17.0 Å². The van der Waals surface area contributed by atoms with Gasteiger partial charge in [0, 0.05) is 12.6 Å². The summed E-state index contributed by atoms with van der Waals surface area (Å²) >= 11 is 0. The van der Waals surface area contributed by atoms with Gasteiger partial charge in [-0.3, -0.25) is 19.0 Å². The van der Waals surface area contributed by atoms with Gasteiger partial charge in [-0.2, -0.15) is 0 Å². The van der Waals surface area contributed by atoms with Crippen LogP contribution in [-0.4, -0.2) is 26.9 Å². The molecule has 0 spiro atoms. The van der Waals surface area contributed by atoms with Gasteiger partial charge >= 0.3 is 5.56 Å². The molecule has 2 aromatic heterocycles. The number of hydrogen-bond acceptors (Lipinski definition) is 5. The molecule has 3 aromatic rings. The van der Waals surface area contributed by atoms with E-state index in [-0.39, 0.29) is 28.5 Å². The molecule has 124 valence electrons. The standard InChI is InChI=1S/C18H13N3O4/c22-13-7-9-25-15-14(13)19-16-12-6-3-8-20(12)17(23)10-4-1-2-5-11(10)21(16)18(15)24/h1-2,4-5,7,9,12H,3,6,8H2/t12-/m1/s1. The van der Waals surface area contributed by atoms with E-state index in [2.05, 4.69) is 4.98 Å². The van der Waals surface area contributed by atoms with E-state index >= 15 is 0 Å². The molecule has 5 rings (SSSR count). The molecule has 1 amide bonds. The zero-order valence-corrected chi connectivity index (χ0v) is 13.1. The van der Waals surface area contributed by atoms with Crippen LogP contribution in [0.5, 0.6) is 0 Å². The number of carbonyl (C=O) groups excluding carboxylic acids is 1. The van der Waals surface area contributed by atoms with Gasteiger partial charge in [-0.1, -0.05) is 12.1 Å². The van der Waals surface area contributed by atoms with Crippen LogP contribution in [-0.2, 0) is 0 Å². The normalized spacial score (nSPS) is 18.6. The highest BCUT2D eigenvalue weighted by atomic mass is 16.3. The minimum absolute atomic E-state index is 0.0115. The topological polar surface area (TPSA) is 85.4 Å². The van der Waals surface area contributed by atoms with Crippen molar-refractivity contribution in [2.75, 3.05) is 6.54 Å². The van der Waals surface area contributed by atoms with Gasteiger partial charge in [0.2, 0.25) is 11.0 Å². The number of fused-ring (bicyclic) bond motifs is 6. The second kappa shape index (κ2) is 4.89. The molecule has 1 saturated heterocycles. The van der Waals surface area contributed by atoms with E-state index in [1.165, 1.54) is 16.9 Å². The summed E-state index contributed by atoms with van der Waals surface area (Å²) < 4.78 is 6.71. The number of carbonyl (C=O) groups is 1. The third-order valence-electron chi connectivity index (χ3n) is 4.89. The van der Waals surface area contributed by atoms with Crippen molar-refractivity contribution in [2.45, 2.75) is 18.9 Å². The van der Waals surface area contributed by atoms with Crippen LogP contribution in [0.25, 0.3) is 16.8 Å². The van der Waals surface area contributed by atoms with Gasteiger partial charge < -0.3 is 9.32 Å². The monoisotopic (exact) mass is 335 g/mol. The lowest BCUT2D eigenvalue weighted by Crippen LogP contribution is -2.31. The summed E-state index contributed by atoms with van der Waals surface area (Å²) in [6.07, 6.45) is 2.72. The fraction of sp³-hybridized carbons (Fsp3) is 0.222. The lowest BCUT2D eigenvalue weighted by Gasteiger charge is -2.22. The molecule has 0 bridgehead atoms. The Labute approximate surface area is 141 Å². The molecular formula is C18H13N3O4.